The molecule has 0 saturated heterocycles. The van der Waals surface area contributed by atoms with Gasteiger partial charge in [0.05, 0.1) is 16.1 Å². The Bertz CT molecular complexity index is 1130. The number of nitrogens with one attached hydrogen (secondary N) is 2. The number of halogens is 1. The molecular formula is C19H16ClN3O3S. The number of hydrogen-bond acceptors (Lipinski definition) is 4. The first-order valence-corrected chi connectivity index (χ1v) is 10.3. The summed E-state index contributed by atoms with van der Waals surface area (Å²) < 4.78 is 27.0. The summed E-state index contributed by atoms with van der Waals surface area (Å²) in [7, 11) is -3.54. The number of benzene rings is 2. The molecule has 1 saturated carbocycles. The largest absolute Gasteiger partial charge is 0.321 e. The van der Waals surface area contributed by atoms with Crippen molar-refractivity contribution in [3.05, 3.63) is 65.3 Å². The van der Waals surface area contributed by atoms with E-state index < -0.39 is 10.0 Å². The highest BCUT2D eigenvalue weighted by atomic mass is 35.5. The van der Waals surface area contributed by atoms with E-state index in [4.69, 9.17) is 11.6 Å². The Morgan fingerprint density at radius 3 is 2.52 bits per heavy atom. The number of fused-ring (bicyclic) bond motifs is 1. The Balaban J connectivity index is 1.56. The lowest BCUT2D eigenvalue weighted by atomic mass is 10.1. The van der Waals surface area contributed by atoms with Gasteiger partial charge in [0.2, 0.25) is 10.0 Å². The zero-order valence-electron chi connectivity index (χ0n) is 14.1. The summed E-state index contributed by atoms with van der Waals surface area (Å²) in [5, 5.41) is 4.10. The normalized spacial score (nSPS) is 14.3. The van der Waals surface area contributed by atoms with Crippen LogP contribution in [0.2, 0.25) is 5.02 Å². The molecule has 0 radical (unpaired) electrons. The number of nitrogens with zero attached hydrogens (tertiary/aromatic N) is 1. The zero-order chi connectivity index (χ0) is 19.0. The minimum absolute atomic E-state index is 0.0322. The van der Waals surface area contributed by atoms with Crippen molar-refractivity contribution < 1.29 is 13.2 Å². The molecule has 27 heavy (non-hydrogen) atoms. The van der Waals surface area contributed by atoms with Crippen LogP contribution in [-0.4, -0.2) is 25.4 Å². The van der Waals surface area contributed by atoms with Gasteiger partial charge >= 0.3 is 0 Å². The number of carbonyl (C=O) groups is 1. The van der Waals surface area contributed by atoms with Gasteiger partial charge in [-0.05, 0) is 61.4 Å². The standard InChI is InChI=1S/C19H16ClN3O3S/c20-13-3-8-17-16(11-13)18(9-10-21-17)22-19(24)12-1-6-15(7-2-12)27(25,26)23-14-4-5-14/h1-3,6-11,14,23H,4-5H2,(H,21,22,24). The average Bonchev–Trinajstić information content (AvgIpc) is 3.45. The molecule has 1 aliphatic carbocycles. The van der Waals surface area contributed by atoms with Crippen molar-refractivity contribution >= 4 is 44.1 Å². The van der Waals surface area contributed by atoms with Gasteiger partial charge in [-0.3, -0.25) is 9.78 Å². The fourth-order valence-electron chi connectivity index (χ4n) is 2.70. The summed E-state index contributed by atoms with van der Waals surface area (Å²) in [5.41, 5.74) is 1.65. The summed E-state index contributed by atoms with van der Waals surface area (Å²) in [6.45, 7) is 0. The molecule has 1 amide bonds. The number of carbonyl (C=O) groups excluding carboxylic acids is 1. The fraction of sp³-hybridized carbons (Fsp3) is 0.158. The number of hydrogen-bond donors (Lipinski definition) is 2. The van der Waals surface area contributed by atoms with Crippen LogP contribution in [0, 0.1) is 0 Å². The molecule has 8 heteroatoms. The maximum absolute atomic E-state index is 12.6. The molecule has 3 aromatic rings. The summed E-state index contributed by atoms with van der Waals surface area (Å²) in [6.07, 6.45) is 3.33. The fourth-order valence-corrected chi connectivity index (χ4v) is 4.17. The van der Waals surface area contributed by atoms with Gasteiger partial charge in [-0.2, -0.15) is 0 Å². The zero-order valence-corrected chi connectivity index (χ0v) is 15.7. The summed E-state index contributed by atoms with van der Waals surface area (Å²) in [6, 6.07) is 12.8. The first kappa shape index (κ1) is 17.9. The number of aromatic nitrogens is 1. The summed E-state index contributed by atoms with van der Waals surface area (Å²) in [4.78, 5) is 17.0. The Kier molecular flexibility index (Phi) is 4.59. The Morgan fingerprint density at radius 1 is 1.07 bits per heavy atom. The molecule has 0 spiro atoms. The van der Waals surface area contributed by atoms with Crippen molar-refractivity contribution in [1.29, 1.82) is 0 Å². The second-order valence-corrected chi connectivity index (χ2v) is 8.54. The minimum atomic E-state index is -3.54. The molecule has 6 nitrogen and oxygen atoms in total. The van der Waals surface area contributed by atoms with Gasteiger partial charge < -0.3 is 5.32 Å². The van der Waals surface area contributed by atoms with Gasteiger partial charge in [-0.1, -0.05) is 11.6 Å². The Labute approximate surface area is 161 Å². The second kappa shape index (κ2) is 6.92. The van der Waals surface area contributed by atoms with E-state index in [0.717, 1.165) is 18.2 Å². The predicted molar refractivity (Wildman–Crippen MR) is 104 cm³/mol. The van der Waals surface area contributed by atoms with Crippen LogP contribution >= 0.6 is 11.6 Å². The topological polar surface area (TPSA) is 88.2 Å². The third kappa shape index (κ3) is 3.95. The van der Waals surface area contributed by atoms with E-state index in [1.807, 2.05) is 0 Å². The van der Waals surface area contributed by atoms with E-state index in [1.165, 1.54) is 24.3 Å². The third-order valence-electron chi connectivity index (χ3n) is 4.28. The van der Waals surface area contributed by atoms with Gasteiger partial charge in [-0.15, -0.1) is 0 Å². The molecule has 4 rings (SSSR count). The van der Waals surface area contributed by atoms with E-state index in [-0.39, 0.29) is 16.8 Å². The quantitative estimate of drug-likeness (QED) is 0.683. The number of pyridine rings is 1. The van der Waals surface area contributed by atoms with Crippen molar-refractivity contribution in [1.82, 2.24) is 9.71 Å². The smallest absolute Gasteiger partial charge is 0.255 e. The minimum Gasteiger partial charge on any atom is -0.321 e. The lowest BCUT2D eigenvalue weighted by molar-refractivity contribution is 0.102. The molecule has 0 aliphatic heterocycles. The number of sulfonamides is 1. The number of anilines is 1. The lowest BCUT2D eigenvalue weighted by Gasteiger charge is -2.10. The van der Waals surface area contributed by atoms with Gasteiger partial charge in [0, 0.05) is 28.2 Å². The van der Waals surface area contributed by atoms with Crippen LogP contribution in [0.1, 0.15) is 23.2 Å². The van der Waals surface area contributed by atoms with Gasteiger partial charge in [0.15, 0.2) is 0 Å². The van der Waals surface area contributed by atoms with Crippen LogP contribution in [0.25, 0.3) is 10.9 Å². The third-order valence-corrected chi connectivity index (χ3v) is 6.05. The van der Waals surface area contributed by atoms with Gasteiger partial charge in [0.1, 0.15) is 0 Å². The molecule has 138 valence electrons. The van der Waals surface area contributed by atoms with Crippen molar-refractivity contribution in [3.8, 4) is 0 Å². The van der Waals surface area contributed by atoms with Crippen LogP contribution in [0.3, 0.4) is 0 Å². The summed E-state index contributed by atoms with van der Waals surface area (Å²) in [5.74, 6) is -0.346. The Hall–Kier alpha value is -2.48. The van der Waals surface area contributed by atoms with Crippen LogP contribution < -0.4 is 10.0 Å². The second-order valence-electron chi connectivity index (χ2n) is 6.39. The highest BCUT2D eigenvalue weighted by molar-refractivity contribution is 7.89. The van der Waals surface area contributed by atoms with Crippen molar-refractivity contribution in [2.75, 3.05) is 5.32 Å². The first-order valence-electron chi connectivity index (χ1n) is 8.40. The van der Waals surface area contributed by atoms with Gasteiger partial charge in [0.25, 0.3) is 5.91 Å². The molecule has 2 N–H and O–H groups in total. The lowest BCUT2D eigenvalue weighted by Crippen LogP contribution is -2.25. The monoisotopic (exact) mass is 401 g/mol. The SMILES string of the molecule is O=C(Nc1ccnc2ccc(Cl)cc12)c1ccc(S(=O)(=O)NC2CC2)cc1. The highest BCUT2D eigenvalue weighted by Gasteiger charge is 2.28. The molecule has 0 unspecified atom stereocenters. The van der Waals surface area contributed by atoms with Crippen LogP contribution in [0.15, 0.2) is 59.6 Å². The van der Waals surface area contributed by atoms with Crippen LogP contribution in [-0.2, 0) is 10.0 Å². The molecule has 0 atom stereocenters. The average molecular weight is 402 g/mol. The van der Waals surface area contributed by atoms with E-state index in [1.54, 1.807) is 30.5 Å². The van der Waals surface area contributed by atoms with Crippen LogP contribution in [0.5, 0.6) is 0 Å². The van der Waals surface area contributed by atoms with Crippen molar-refractivity contribution in [3.63, 3.8) is 0 Å². The molecule has 1 fully saturated rings. The number of amides is 1. The maximum atomic E-state index is 12.6. The number of rotatable bonds is 5. The first-order chi connectivity index (χ1) is 12.9. The summed E-state index contributed by atoms with van der Waals surface area (Å²) >= 11 is 6.04. The molecule has 1 aromatic heterocycles. The molecule has 1 heterocycles. The van der Waals surface area contributed by atoms with Crippen LogP contribution in [0.4, 0.5) is 5.69 Å². The van der Waals surface area contributed by atoms with Gasteiger partial charge in [-0.25, -0.2) is 13.1 Å². The molecule has 2 aromatic carbocycles. The molecular weight excluding hydrogens is 386 g/mol. The molecule has 1 aliphatic rings. The van der Waals surface area contributed by atoms with Crippen molar-refractivity contribution in [2.24, 2.45) is 0 Å². The maximum Gasteiger partial charge on any atom is 0.255 e. The predicted octanol–water partition coefficient (Wildman–Crippen LogP) is 3.58. The van der Waals surface area contributed by atoms with Crippen molar-refractivity contribution in [2.45, 2.75) is 23.8 Å². The van der Waals surface area contributed by atoms with E-state index >= 15 is 0 Å². The Morgan fingerprint density at radius 2 is 1.81 bits per heavy atom. The molecule has 0 bridgehead atoms. The van der Waals surface area contributed by atoms with E-state index in [0.29, 0.717) is 21.8 Å². The highest BCUT2D eigenvalue weighted by Crippen LogP contribution is 2.26. The van der Waals surface area contributed by atoms with E-state index in [2.05, 4.69) is 15.0 Å². The van der Waals surface area contributed by atoms with E-state index in [9.17, 15) is 13.2 Å².